The monoisotopic (exact) mass is 402 g/mol. The number of carbonyl (C=O) groups excluding carboxylic acids is 3. The number of ether oxygens (including phenoxy) is 2. The lowest BCUT2D eigenvalue weighted by molar-refractivity contribution is -0.144. The minimum absolute atomic E-state index is 0.103. The zero-order valence-electron chi connectivity index (χ0n) is 17.5. The predicted molar refractivity (Wildman–Crippen MR) is 112 cm³/mol. The van der Waals surface area contributed by atoms with Crippen molar-refractivity contribution in [3.05, 3.63) is 47.6 Å². The fourth-order valence-corrected chi connectivity index (χ4v) is 2.44. The fraction of sp³-hybridized carbons (Fsp3) is 0.409. The van der Waals surface area contributed by atoms with E-state index in [4.69, 9.17) is 9.47 Å². The van der Waals surface area contributed by atoms with Crippen LogP contribution < -0.4 is 15.4 Å². The van der Waals surface area contributed by atoms with Crippen LogP contribution in [0.25, 0.3) is 6.08 Å². The quantitative estimate of drug-likeness (QED) is 0.337. The smallest absolute Gasteiger partial charge is 0.328 e. The number of hydrogen-bond acceptors (Lipinski definition) is 5. The second-order valence-corrected chi connectivity index (χ2v) is 6.41. The van der Waals surface area contributed by atoms with Gasteiger partial charge in [0.25, 0.3) is 0 Å². The molecule has 0 aliphatic carbocycles. The SMILES string of the molecule is C/C=C(\C)C(=O)NCCCC[C@H](NC(=O)/C=C/c1ccc(OC)cc1)C(=O)OC. The summed E-state index contributed by atoms with van der Waals surface area (Å²) in [5.74, 6) is -0.248. The molecular formula is C22H30N2O5. The van der Waals surface area contributed by atoms with Crippen molar-refractivity contribution in [3.8, 4) is 5.75 Å². The molecule has 7 heteroatoms. The van der Waals surface area contributed by atoms with E-state index in [1.807, 2.05) is 19.1 Å². The Hall–Kier alpha value is -3.09. The Morgan fingerprint density at radius 2 is 1.79 bits per heavy atom. The molecule has 0 radical (unpaired) electrons. The first-order chi connectivity index (χ1) is 13.9. The first-order valence-electron chi connectivity index (χ1n) is 9.52. The van der Waals surface area contributed by atoms with Crippen molar-refractivity contribution < 1.29 is 23.9 Å². The van der Waals surface area contributed by atoms with Crippen LogP contribution in [0.5, 0.6) is 5.75 Å². The van der Waals surface area contributed by atoms with Crippen molar-refractivity contribution in [1.29, 1.82) is 0 Å². The molecule has 1 atom stereocenters. The van der Waals surface area contributed by atoms with Gasteiger partial charge in [0.1, 0.15) is 11.8 Å². The number of hydrogen-bond donors (Lipinski definition) is 2. The molecule has 0 aliphatic heterocycles. The lowest BCUT2D eigenvalue weighted by Crippen LogP contribution is -2.40. The molecule has 0 fully saturated rings. The third-order valence-corrected chi connectivity index (χ3v) is 4.34. The molecule has 0 spiro atoms. The van der Waals surface area contributed by atoms with Gasteiger partial charge in [-0.05, 0) is 56.9 Å². The van der Waals surface area contributed by atoms with E-state index < -0.39 is 12.0 Å². The van der Waals surface area contributed by atoms with Gasteiger partial charge in [0.2, 0.25) is 11.8 Å². The van der Waals surface area contributed by atoms with Crippen LogP contribution in [0.15, 0.2) is 42.0 Å². The van der Waals surface area contributed by atoms with Crippen molar-refractivity contribution in [2.24, 2.45) is 0 Å². The summed E-state index contributed by atoms with van der Waals surface area (Å²) >= 11 is 0. The van der Waals surface area contributed by atoms with Crippen molar-refractivity contribution in [3.63, 3.8) is 0 Å². The highest BCUT2D eigenvalue weighted by atomic mass is 16.5. The van der Waals surface area contributed by atoms with Gasteiger partial charge in [-0.3, -0.25) is 9.59 Å². The molecule has 158 valence electrons. The Morgan fingerprint density at radius 3 is 2.38 bits per heavy atom. The number of unbranched alkanes of at least 4 members (excludes halogenated alkanes) is 1. The van der Waals surface area contributed by atoms with Crippen LogP contribution in [0, 0.1) is 0 Å². The van der Waals surface area contributed by atoms with Crippen LogP contribution in [0.2, 0.25) is 0 Å². The first-order valence-corrected chi connectivity index (χ1v) is 9.52. The predicted octanol–water partition coefficient (Wildman–Crippen LogP) is 2.62. The molecule has 0 heterocycles. The minimum atomic E-state index is -0.735. The van der Waals surface area contributed by atoms with E-state index in [-0.39, 0.29) is 11.8 Å². The maximum atomic E-state index is 12.2. The maximum Gasteiger partial charge on any atom is 0.328 e. The average Bonchev–Trinajstić information content (AvgIpc) is 2.75. The Balaban J connectivity index is 2.49. The molecule has 0 saturated heterocycles. The molecule has 29 heavy (non-hydrogen) atoms. The molecule has 1 aromatic rings. The number of carbonyl (C=O) groups is 3. The molecule has 7 nitrogen and oxygen atoms in total. The van der Waals surface area contributed by atoms with Crippen LogP contribution in [0.3, 0.4) is 0 Å². The molecule has 2 amide bonds. The normalized spacial score (nSPS) is 12.3. The van der Waals surface area contributed by atoms with Crippen LogP contribution in [0.4, 0.5) is 0 Å². The summed E-state index contributed by atoms with van der Waals surface area (Å²) < 4.78 is 9.86. The summed E-state index contributed by atoms with van der Waals surface area (Å²) in [5.41, 5.74) is 1.50. The number of rotatable bonds is 11. The lowest BCUT2D eigenvalue weighted by Gasteiger charge is -2.15. The molecule has 2 N–H and O–H groups in total. The number of esters is 1. The van der Waals surface area contributed by atoms with Crippen molar-refractivity contribution in [2.45, 2.75) is 39.2 Å². The van der Waals surface area contributed by atoms with E-state index in [0.717, 1.165) is 11.3 Å². The summed E-state index contributed by atoms with van der Waals surface area (Å²) in [7, 11) is 2.87. The second kappa shape index (κ2) is 13.1. The Labute approximate surface area is 172 Å². The van der Waals surface area contributed by atoms with Crippen LogP contribution in [0.1, 0.15) is 38.7 Å². The standard InChI is InChI=1S/C22H30N2O5/c1-5-16(2)21(26)23-15-7-6-8-19(22(27)29-4)24-20(25)14-11-17-9-12-18(28-3)13-10-17/h5,9-14,19H,6-8,15H2,1-4H3,(H,23,26)(H,24,25)/b14-11+,16-5+/t19-/m0/s1. The van der Waals surface area contributed by atoms with Crippen molar-refractivity contribution in [1.82, 2.24) is 10.6 Å². The van der Waals surface area contributed by atoms with Gasteiger partial charge in [-0.25, -0.2) is 4.79 Å². The Bertz CT molecular complexity index is 738. The molecule has 0 saturated carbocycles. The molecule has 0 aromatic heterocycles. The number of allylic oxidation sites excluding steroid dienone is 1. The summed E-state index contributed by atoms with van der Waals surface area (Å²) in [4.78, 5) is 35.8. The van der Waals surface area contributed by atoms with E-state index in [1.54, 1.807) is 38.3 Å². The van der Waals surface area contributed by atoms with Gasteiger partial charge in [-0.15, -0.1) is 0 Å². The van der Waals surface area contributed by atoms with Gasteiger partial charge in [-0.1, -0.05) is 18.2 Å². The van der Waals surface area contributed by atoms with Gasteiger partial charge < -0.3 is 20.1 Å². The van der Waals surface area contributed by atoms with Crippen LogP contribution in [-0.2, 0) is 19.1 Å². The van der Waals surface area contributed by atoms with Crippen LogP contribution >= 0.6 is 0 Å². The second-order valence-electron chi connectivity index (χ2n) is 6.41. The number of methoxy groups -OCH3 is 2. The zero-order chi connectivity index (χ0) is 21.6. The summed E-state index contributed by atoms with van der Waals surface area (Å²) in [6.07, 6.45) is 6.54. The molecule has 1 rings (SSSR count). The van der Waals surface area contributed by atoms with Crippen molar-refractivity contribution >= 4 is 23.9 Å². The first kappa shape index (κ1) is 23.9. The molecule has 0 aliphatic rings. The third kappa shape index (κ3) is 9.10. The number of amides is 2. The molecular weight excluding hydrogens is 372 g/mol. The van der Waals surface area contributed by atoms with Gasteiger partial charge in [0.05, 0.1) is 14.2 Å². The van der Waals surface area contributed by atoms with E-state index in [9.17, 15) is 14.4 Å². The highest BCUT2D eigenvalue weighted by molar-refractivity contribution is 5.94. The van der Waals surface area contributed by atoms with E-state index in [1.165, 1.54) is 13.2 Å². The molecule has 0 bridgehead atoms. The zero-order valence-corrected chi connectivity index (χ0v) is 17.5. The van der Waals surface area contributed by atoms with Gasteiger partial charge >= 0.3 is 5.97 Å². The summed E-state index contributed by atoms with van der Waals surface area (Å²) in [5, 5.41) is 5.47. The topological polar surface area (TPSA) is 93.7 Å². The largest absolute Gasteiger partial charge is 0.497 e. The van der Waals surface area contributed by atoms with Gasteiger partial charge in [-0.2, -0.15) is 0 Å². The number of benzene rings is 1. The van der Waals surface area contributed by atoms with E-state index in [0.29, 0.717) is 31.4 Å². The van der Waals surface area contributed by atoms with Crippen molar-refractivity contribution in [2.75, 3.05) is 20.8 Å². The third-order valence-electron chi connectivity index (χ3n) is 4.34. The highest BCUT2D eigenvalue weighted by Crippen LogP contribution is 2.12. The highest BCUT2D eigenvalue weighted by Gasteiger charge is 2.20. The lowest BCUT2D eigenvalue weighted by atomic mass is 10.1. The Kier molecular flexibility index (Phi) is 10.9. The molecule has 0 unspecified atom stereocenters. The minimum Gasteiger partial charge on any atom is -0.497 e. The van der Waals surface area contributed by atoms with Gasteiger partial charge in [0.15, 0.2) is 0 Å². The summed E-state index contributed by atoms with van der Waals surface area (Å²) in [6.45, 7) is 4.06. The average molecular weight is 402 g/mol. The number of nitrogens with one attached hydrogen (secondary N) is 2. The maximum absolute atomic E-state index is 12.2. The van der Waals surface area contributed by atoms with Crippen LogP contribution in [-0.4, -0.2) is 44.6 Å². The van der Waals surface area contributed by atoms with E-state index in [2.05, 4.69) is 10.6 Å². The fourth-order valence-electron chi connectivity index (χ4n) is 2.44. The molecule has 1 aromatic carbocycles. The Morgan fingerprint density at radius 1 is 1.10 bits per heavy atom. The summed E-state index contributed by atoms with van der Waals surface area (Å²) in [6, 6.07) is 6.51. The van der Waals surface area contributed by atoms with E-state index >= 15 is 0 Å². The van der Waals surface area contributed by atoms with Gasteiger partial charge in [0, 0.05) is 18.2 Å².